The van der Waals surface area contributed by atoms with Gasteiger partial charge in [0.25, 0.3) is 0 Å². The summed E-state index contributed by atoms with van der Waals surface area (Å²) in [5.41, 5.74) is 4.81. The zero-order valence-corrected chi connectivity index (χ0v) is 13.9. The van der Waals surface area contributed by atoms with Gasteiger partial charge >= 0.3 is 0 Å². The van der Waals surface area contributed by atoms with Crippen LogP contribution in [0, 0.1) is 0 Å². The first-order chi connectivity index (χ1) is 9.77. The Bertz CT molecular complexity index is 733. The Morgan fingerprint density at radius 2 is 1.10 bits per heavy atom. The van der Waals surface area contributed by atoms with E-state index in [1.54, 1.807) is 0 Å². The average molecular weight is 388 g/mol. The second kappa shape index (κ2) is 5.94. The summed E-state index contributed by atoms with van der Waals surface area (Å²) in [6.07, 6.45) is 0. The summed E-state index contributed by atoms with van der Waals surface area (Å²) < 4.78 is 2.23. The van der Waals surface area contributed by atoms with Crippen molar-refractivity contribution in [3.8, 4) is 22.3 Å². The van der Waals surface area contributed by atoms with Crippen molar-refractivity contribution < 1.29 is 0 Å². The normalized spacial score (nSPS) is 10.5. The van der Waals surface area contributed by atoms with Crippen LogP contribution < -0.4 is 0 Å². The molecule has 0 spiro atoms. The molecule has 0 unspecified atom stereocenters. The van der Waals surface area contributed by atoms with Crippen LogP contribution in [0.1, 0.15) is 0 Å². The molecule has 2 heteroatoms. The third-order valence-corrected chi connectivity index (χ3v) is 4.79. The van der Waals surface area contributed by atoms with Crippen LogP contribution in [0.25, 0.3) is 22.3 Å². The van der Waals surface area contributed by atoms with E-state index >= 15 is 0 Å². The summed E-state index contributed by atoms with van der Waals surface area (Å²) in [6.45, 7) is 0. The van der Waals surface area contributed by atoms with Crippen LogP contribution in [0.5, 0.6) is 0 Å². The number of halogens is 2. The van der Waals surface area contributed by atoms with Gasteiger partial charge in [0.2, 0.25) is 0 Å². The Hall–Kier alpha value is -1.38. The van der Waals surface area contributed by atoms with E-state index in [-0.39, 0.29) is 0 Å². The zero-order chi connectivity index (χ0) is 13.9. The van der Waals surface area contributed by atoms with Gasteiger partial charge in [-0.15, -0.1) is 0 Å². The molecule has 98 valence electrons. The van der Waals surface area contributed by atoms with Crippen molar-refractivity contribution in [2.45, 2.75) is 0 Å². The molecule has 0 saturated heterocycles. The molecule has 3 aromatic rings. The first-order valence-corrected chi connectivity index (χ1v) is 7.95. The highest BCUT2D eigenvalue weighted by atomic mass is 79.9. The summed E-state index contributed by atoms with van der Waals surface area (Å²) in [7, 11) is 0. The van der Waals surface area contributed by atoms with Gasteiger partial charge in [0.1, 0.15) is 0 Å². The summed E-state index contributed by atoms with van der Waals surface area (Å²) >= 11 is 7.40. The third kappa shape index (κ3) is 2.58. The van der Waals surface area contributed by atoms with Gasteiger partial charge in [0, 0.05) is 8.95 Å². The van der Waals surface area contributed by atoms with Gasteiger partial charge in [-0.1, -0.05) is 82.7 Å². The maximum atomic E-state index is 3.77. The van der Waals surface area contributed by atoms with E-state index in [1.165, 1.54) is 22.3 Å². The molecule has 20 heavy (non-hydrogen) atoms. The summed E-state index contributed by atoms with van der Waals surface area (Å²) in [5.74, 6) is 0. The van der Waals surface area contributed by atoms with E-state index in [9.17, 15) is 0 Å². The van der Waals surface area contributed by atoms with Crippen LogP contribution in [-0.2, 0) is 0 Å². The predicted molar refractivity (Wildman–Crippen MR) is 92.7 cm³/mol. The summed E-state index contributed by atoms with van der Waals surface area (Å²) in [6, 6.07) is 25.1. The molecule has 0 heterocycles. The maximum Gasteiger partial charge on any atom is 0.0332 e. The van der Waals surface area contributed by atoms with E-state index in [4.69, 9.17) is 0 Å². The lowest BCUT2D eigenvalue weighted by atomic mass is 9.99. The highest BCUT2D eigenvalue weighted by Crippen LogP contribution is 2.39. The van der Waals surface area contributed by atoms with Crippen LogP contribution in [0.2, 0.25) is 0 Å². The SMILES string of the molecule is Brc1ccccc1-c1cccc(-c2ccccc2)c1Br. The second-order valence-electron chi connectivity index (χ2n) is 4.51. The zero-order valence-electron chi connectivity index (χ0n) is 10.7. The minimum atomic E-state index is 1.10. The van der Waals surface area contributed by atoms with E-state index in [0.29, 0.717) is 0 Å². The van der Waals surface area contributed by atoms with Crippen LogP contribution in [0.3, 0.4) is 0 Å². The van der Waals surface area contributed by atoms with Gasteiger partial charge in [-0.2, -0.15) is 0 Å². The number of rotatable bonds is 2. The van der Waals surface area contributed by atoms with E-state index in [1.807, 2.05) is 12.1 Å². The molecule has 0 N–H and O–H groups in total. The van der Waals surface area contributed by atoms with Gasteiger partial charge in [-0.05, 0) is 44.3 Å². The number of hydrogen-bond donors (Lipinski definition) is 0. The molecule has 0 amide bonds. The minimum absolute atomic E-state index is 1.10. The molecule has 3 rings (SSSR count). The fraction of sp³-hybridized carbons (Fsp3) is 0. The van der Waals surface area contributed by atoms with Crippen LogP contribution >= 0.6 is 31.9 Å². The molecule has 0 fully saturated rings. The lowest BCUT2D eigenvalue weighted by Gasteiger charge is -2.11. The molecule has 0 atom stereocenters. The first kappa shape index (κ1) is 13.6. The molecule has 0 aliphatic heterocycles. The molecule has 0 aliphatic rings. The van der Waals surface area contributed by atoms with E-state index in [0.717, 1.165) is 8.95 Å². The highest BCUT2D eigenvalue weighted by molar-refractivity contribution is 9.11. The lowest BCUT2D eigenvalue weighted by molar-refractivity contribution is 1.54. The van der Waals surface area contributed by atoms with Crippen molar-refractivity contribution in [1.29, 1.82) is 0 Å². The first-order valence-electron chi connectivity index (χ1n) is 6.36. The molecule has 0 nitrogen and oxygen atoms in total. The van der Waals surface area contributed by atoms with Crippen molar-refractivity contribution in [2.24, 2.45) is 0 Å². The van der Waals surface area contributed by atoms with Crippen LogP contribution in [0.15, 0.2) is 81.7 Å². The fourth-order valence-electron chi connectivity index (χ4n) is 2.26. The van der Waals surface area contributed by atoms with Crippen LogP contribution in [0.4, 0.5) is 0 Å². The Morgan fingerprint density at radius 3 is 1.85 bits per heavy atom. The standard InChI is InChI=1S/C18H12Br2/c19-17-12-5-4-9-15(17)16-11-6-10-14(18(16)20)13-7-2-1-3-8-13/h1-12H. The predicted octanol–water partition coefficient (Wildman–Crippen LogP) is 6.55. The summed E-state index contributed by atoms with van der Waals surface area (Å²) in [4.78, 5) is 0. The fourth-order valence-corrected chi connectivity index (χ4v) is 3.47. The average Bonchev–Trinajstić information content (AvgIpc) is 2.49. The van der Waals surface area contributed by atoms with Gasteiger partial charge in [-0.25, -0.2) is 0 Å². The van der Waals surface area contributed by atoms with Crippen molar-refractivity contribution in [1.82, 2.24) is 0 Å². The quantitative estimate of drug-likeness (QED) is 0.467. The molecular weight excluding hydrogens is 376 g/mol. The molecule has 0 radical (unpaired) electrons. The van der Waals surface area contributed by atoms with Crippen molar-refractivity contribution in [3.05, 3.63) is 81.7 Å². The van der Waals surface area contributed by atoms with Gasteiger partial charge in [0.05, 0.1) is 0 Å². The topological polar surface area (TPSA) is 0 Å². The summed E-state index contributed by atoms with van der Waals surface area (Å²) in [5, 5.41) is 0. The second-order valence-corrected chi connectivity index (χ2v) is 6.16. The Balaban J connectivity index is 2.19. The van der Waals surface area contributed by atoms with Gasteiger partial charge < -0.3 is 0 Å². The van der Waals surface area contributed by atoms with Crippen molar-refractivity contribution in [2.75, 3.05) is 0 Å². The molecule has 0 bridgehead atoms. The minimum Gasteiger partial charge on any atom is -0.0622 e. The Labute approximate surface area is 135 Å². The number of benzene rings is 3. The van der Waals surface area contributed by atoms with E-state index in [2.05, 4.69) is 92.5 Å². The highest BCUT2D eigenvalue weighted by Gasteiger charge is 2.10. The van der Waals surface area contributed by atoms with Crippen molar-refractivity contribution in [3.63, 3.8) is 0 Å². The Kier molecular flexibility index (Phi) is 4.04. The van der Waals surface area contributed by atoms with Gasteiger partial charge in [-0.3, -0.25) is 0 Å². The van der Waals surface area contributed by atoms with E-state index < -0.39 is 0 Å². The van der Waals surface area contributed by atoms with Gasteiger partial charge in [0.15, 0.2) is 0 Å². The molecular formula is C18H12Br2. The Morgan fingerprint density at radius 1 is 0.500 bits per heavy atom. The van der Waals surface area contributed by atoms with Crippen LogP contribution in [-0.4, -0.2) is 0 Å². The maximum absolute atomic E-state index is 3.77. The molecule has 0 aromatic heterocycles. The lowest BCUT2D eigenvalue weighted by Crippen LogP contribution is -1.85. The third-order valence-electron chi connectivity index (χ3n) is 3.25. The monoisotopic (exact) mass is 386 g/mol. The molecule has 3 aromatic carbocycles. The van der Waals surface area contributed by atoms with Crippen molar-refractivity contribution >= 4 is 31.9 Å². The smallest absolute Gasteiger partial charge is 0.0332 e. The largest absolute Gasteiger partial charge is 0.0622 e. The number of hydrogen-bond acceptors (Lipinski definition) is 0. The molecule has 0 aliphatic carbocycles. The molecule has 0 saturated carbocycles.